The van der Waals surface area contributed by atoms with Crippen LogP contribution in [0.25, 0.3) is 21.8 Å². The van der Waals surface area contributed by atoms with Crippen LogP contribution in [0.4, 0.5) is 0 Å². The van der Waals surface area contributed by atoms with Crippen molar-refractivity contribution >= 4 is 69.1 Å². The topological polar surface area (TPSA) is 335 Å². The lowest BCUT2D eigenvalue weighted by molar-refractivity contribution is -0.149. The summed E-state index contributed by atoms with van der Waals surface area (Å²) in [4.78, 5) is 118. The molecule has 21 nitrogen and oxygen atoms in total. The Bertz CT molecular complexity index is 2770. The van der Waals surface area contributed by atoms with E-state index in [0.29, 0.717) is 29.5 Å². The quantitative estimate of drug-likeness (QED) is 0.0475. The summed E-state index contributed by atoms with van der Waals surface area (Å²) in [6.07, 6.45) is 2.63. The Balaban J connectivity index is 1.13. The van der Waals surface area contributed by atoms with Gasteiger partial charge in [-0.05, 0) is 80.0 Å². The summed E-state index contributed by atoms with van der Waals surface area (Å²) >= 11 is 0. The smallest absolute Gasteiger partial charge is 0.326 e. The highest BCUT2D eigenvalue weighted by Crippen LogP contribution is 2.26. The van der Waals surface area contributed by atoms with Crippen LogP contribution in [-0.2, 0) is 57.6 Å². The highest BCUT2D eigenvalue weighted by Gasteiger charge is 2.43. The average molecular weight is 977 g/mol. The van der Waals surface area contributed by atoms with E-state index in [1.807, 2.05) is 48.5 Å². The predicted molar refractivity (Wildman–Crippen MR) is 259 cm³/mol. The number of carbonyl (C=O) groups excluding carboxylic acids is 7. The number of primary amides is 1. The molecule has 4 heterocycles. The Labute approximate surface area is 408 Å². The van der Waals surface area contributed by atoms with E-state index in [1.54, 1.807) is 12.4 Å². The van der Waals surface area contributed by atoms with Gasteiger partial charge in [-0.25, -0.2) is 4.79 Å². The zero-order chi connectivity index (χ0) is 50.9. The molecular formula is C50H60N10O11. The largest absolute Gasteiger partial charge is 0.508 e. The van der Waals surface area contributed by atoms with E-state index in [0.717, 1.165) is 21.8 Å². The molecular weight excluding hydrogens is 917 g/mol. The predicted octanol–water partition coefficient (Wildman–Crippen LogP) is 0.362. The maximum Gasteiger partial charge on any atom is 0.326 e. The third-order valence-electron chi connectivity index (χ3n) is 13.2. The maximum absolute atomic E-state index is 15.0. The standard InChI is InChI=1S/C50H60N10O11/c1-27(61)43(58-45(65)37(22-28-14-16-31(62)17-15-28)55-44(64)34(51)18-19-42(52)63)47(67)57-39(24-30-26-54-36-11-5-3-9-33(30)36)48(68)59-20-6-12-40(59)46(66)56-38(49(69)60-21-7-13-41(60)50(70)71)23-29-25-53-35-10-4-2-8-32(29)35/h2-5,8-11,14-17,25-27,34,37-41,43,53-54,61-62H,6-7,12-13,18-24,51H2,1H3,(H2,52,63)(H,55,64)(H,56,66)(H,57,67)(H,58,65)(H,70,71)/t27-,34+,37+,38+,39+,40+,41+,43+/m1/s1. The normalized spacial score (nSPS) is 18.2. The first kappa shape index (κ1) is 51.1. The van der Waals surface area contributed by atoms with E-state index in [2.05, 4.69) is 31.2 Å². The number of amides is 7. The second-order valence-electron chi connectivity index (χ2n) is 18.2. The molecule has 21 heteroatoms. The molecule has 7 rings (SSSR count). The number of fused-ring (bicyclic) bond motifs is 2. The number of aliphatic hydroxyl groups is 1. The van der Waals surface area contributed by atoms with Crippen molar-refractivity contribution in [3.05, 3.63) is 102 Å². The van der Waals surface area contributed by atoms with Crippen molar-refractivity contribution in [3.63, 3.8) is 0 Å². The first-order chi connectivity index (χ1) is 34.0. The molecule has 2 aromatic heterocycles. The average Bonchev–Trinajstić information content (AvgIpc) is 4.19. The molecule has 5 aromatic rings. The van der Waals surface area contributed by atoms with Gasteiger partial charge in [-0.3, -0.25) is 33.6 Å². The number of carboxylic acids is 1. The number of nitrogens with two attached hydrogens (primary N) is 2. The van der Waals surface area contributed by atoms with E-state index in [1.165, 1.54) is 41.0 Å². The number of hydrogen-bond acceptors (Lipinski definition) is 11. The van der Waals surface area contributed by atoms with E-state index in [4.69, 9.17) is 11.5 Å². The minimum Gasteiger partial charge on any atom is -0.508 e. The monoisotopic (exact) mass is 976 g/mol. The highest BCUT2D eigenvalue weighted by atomic mass is 16.4. The zero-order valence-electron chi connectivity index (χ0n) is 39.1. The van der Waals surface area contributed by atoms with Crippen LogP contribution in [0, 0.1) is 0 Å². The fraction of sp³-hybridized carbons (Fsp3) is 0.400. The van der Waals surface area contributed by atoms with Crippen LogP contribution in [0.5, 0.6) is 5.75 Å². The van der Waals surface area contributed by atoms with E-state index < -0.39 is 95.7 Å². The third-order valence-corrected chi connectivity index (χ3v) is 13.2. The summed E-state index contributed by atoms with van der Waals surface area (Å²) in [6, 6.07) is 11.4. The van der Waals surface area contributed by atoms with Crippen LogP contribution >= 0.6 is 0 Å². The van der Waals surface area contributed by atoms with Crippen LogP contribution < -0.4 is 32.7 Å². The number of phenols is 1. The van der Waals surface area contributed by atoms with Crippen molar-refractivity contribution < 1.29 is 53.7 Å². The first-order valence-electron chi connectivity index (χ1n) is 23.6. The maximum atomic E-state index is 15.0. The molecule has 0 spiro atoms. The lowest BCUT2D eigenvalue weighted by Crippen LogP contribution is -2.62. The fourth-order valence-electron chi connectivity index (χ4n) is 9.40. The van der Waals surface area contributed by atoms with E-state index in [-0.39, 0.29) is 63.8 Å². The molecule has 3 aromatic carbocycles. The Morgan fingerprint density at radius 2 is 1.20 bits per heavy atom. The molecule has 2 fully saturated rings. The number of aromatic hydroxyl groups is 1. The molecule has 2 aliphatic heterocycles. The molecule has 0 aliphatic carbocycles. The number of para-hydroxylation sites is 2. The molecule has 71 heavy (non-hydrogen) atoms. The number of nitrogens with zero attached hydrogens (tertiary/aromatic N) is 2. The number of aliphatic carboxylic acids is 1. The zero-order valence-corrected chi connectivity index (χ0v) is 39.1. The summed E-state index contributed by atoms with van der Waals surface area (Å²) in [7, 11) is 0. The molecule has 2 aliphatic rings. The first-order valence-corrected chi connectivity index (χ1v) is 23.6. The number of H-pyrrole nitrogens is 2. The minimum atomic E-state index is -1.70. The van der Waals surface area contributed by atoms with Gasteiger partial charge in [0.25, 0.3) is 0 Å². The van der Waals surface area contributed by atoms with Crippen molar-refractivity contribution in [3.8, 4) is 5.75 Å². The second kappa shape index (κ2) is 22.8. The second-order valence-corrected chi connectivity index (χ2v) is 18.2. The van der Waals surface area contributed by atoms with Crippen molar-refractivity contribution in [1.29, 1.82) is 0 Å². The van der Waals surface area contributed by atoms with Crippen LogP contribution in [0.3, 0.4) is 0 Å². The Kier molecular flexibility index (Phi) is 16.4. The van der Waals surface area contributed by atoms with Gasteiger partial charge in [0, 0.05) is 73.0 Å². The Hall–Kier alpha value is -7.78. The van der Waals surface area contributed by atoms with Crippen LogP contribution in [0.2, 0.25) is 0 Å². The van der Waals surface area contributed by atoms with Gasteiger partial charge in [-0.15, -0.1) is 0 Å². The summed E-state index contributed by atoms with van der Waals surface area (Å²) in [5.74, 6) is -6.46. The molecule has 0 bridgehead atoms. The van der Waals surface area contributed by atoms with Gasteiger partial charge in [0.2, 0.25) is 41.4 Å². The molecule has 0 radical (unpaired) electrons. The number of aliphatic hydroxyl groups excluding tert-OH is 1. The van der Waals surface area contributed by atoms with Gasteiger partial charge in [0.1, 0.15) is 42.0 Å². The van der Waals surface area contributed by atoms with Gasteiger partial charge in [-0.2, -0.15) is 0 Å². The number of aromatic amines is 2. The Morgan fingerprint density at radius 3 is 1.75 bits per heavy atom. The molecule has 376 valence electrons. The van der Waals surface area contributed by atoms with Gasteiger partial charge in [0.15, 0.2) is 0 Å². The molecule has 2 saturated heterocycles. The number of hydrogen-bond donors (Lipinski definition) is 11. The molecule has 8 atom stereocenters. The van der Waals surface area contributed by atoms with E-state index in [9.17, 15) is 53.7 Å². The summed E-state index contributed by atoms with van der Waals surface area (Å²) in [5, 5.41) is 43.1. The number of benzene rings is 3. The third kappa shape index (κ3) is 12.3. The van der Waals surface area contributed by atoms with Crippen molar-refractivity contribution in [2.24, 2.45) is 11.5 Å². The highest BCUT2D eigenvalue weighted by molar-refractivity contribution is 5.98. The number of aromatic nitrogens is 2. The number of rotatable bonds is 21. The minimum absolute atomic E-state index is 0.0192. The summed E-state index contributed by atoms with van der Waals surface area (Å²) in [6.45, 7) is 1.54. The van der Waals surface area contributed by atoms with Crippen molar-refractivity contribution in [2.75, 3.05) is 13.1 Å². The van der Waals surface area contributed by atoms with Crippen molar-refractivity contribution in [1.82, 2.24) is 41.0 Å². The number of carboxylic acid groups (broad SMARTS) is 1. The SMILES string of the molecule is C[C@@H](O)[C@H](NC(=O)[C@H](Cc1ccc(O)cc1)NC(=O)[C@@H](N)CCC(N)=O)C(=O)N[C@@H](Cc1c[nH]c2ccccc12)C(=O)N1CCC[C@H]1C(=O)N[C@@H](Cc1c[nH]c2ccccc12)C(=O)N1CCC[C@H]1C(=O)O. The van der Waals surface area contributed by atoms with Crippen LogP contribution in [0.1, 0.15) is 62.1 Å². The molecule has 0 unspecified atom stereocenters. The summed E-state index contributed by atoms with van der Waals surface area (Å²) in [5.41, 5.74) is 14.6. The lowest BCUT2D eigenvalue weighted by atomic mass is 10.0. The van der Waals surface area contributed by atoms with Crippen LogP contribution in [-0.4, -0.2) is 144 Å². The molecule has 7 amide bonds. The fourth-order valence-corrected chi connectivity index (χ4v) is 9.40. The van der Waals surface area contributed by atoms with Crippen LogP contribution in [0.15, 0.2) is 85.2 Å². The molecule has 0 saturated carbocycles. The van der Waals surface area contributed by atoms with Gasteiger partial charge < -0.3 is 67.8 Å². The number of carbonyl (C=O) groups is 8. The Morgan fingerprint density at radius 1 is 0.676 bits per heavy atom. The van der Waals surface area contributed by atoms with Gasteiger partial charge in [0.05, 0.1) is 12.1 Å². The number of nitrogens with one attached hydrogen (secondary N) is 6. The molecule has 13 N–H and O–H groups in total. The lowest BCUT2D eigenvalue weighted by Gasteiger charge is -2.32. The van der Waals surface area contributed by atoms with Gasteiger partial charge in [-0.1, -0.05) is 48.5 Å². The number of likely N-dealkylation sites (tertiary alicyclic amines) is 2. The van der Waals surface area contributed by atoms with Crippen molar-refractivity contribution in [2.45, 2.75) is 113 Å². The summed E-state index contributed by atoms with van der Waals surface area (Å²) < 4.78 is 0. The number of phenolic OH excluding ortho intramolecular Hbond substituents is 1. The van der Waals surface area contributed by atoms with Gasteiger partial charge >= 0.3 is 5.97 Å². The van der Waals surface area contributed by atoms with E-state index >= 15 is 0 Å².